The van der Waals surface area contributed by atoms with Crippen molar-refractivity contribution in [1.29, 1.82) is 0 Å². The molecule has 6 nitrogen and oxygen atoms in total. The zero-order chi connectivity index (χ0) is 17.7. The highest BCUT2D eigenvalue weighted by atomic mass is 16.5. The molecule has 6 heteroatoms. The maximum absolute atomic E-state index is 12.3. The Kier molecular flexibility index (Phi) is 5.83. The van der Waals surface area contributed by atoms with E-state index in [1.54, 1.807) is 31.2 Å². The molecule has 132 valence electrons. The third-order valence-electron chi connectivity index (χ3n) is 4.16. The van der Waals surface area contributed by atoms with Gasteiger partial charge in [0.15, 0.2) is 0 Å². The number of esters is 1. The predicted octanol–water partition coefficient (Wildman–Crippen LogP) is 2.81. The number of urea groups is 1. The van der Waals surface area contributed by atoms with Crippen LogP contribution in [0, 0.1) is 0 Å². The van der Waals surface area contributed by atoms with Crippen LogP contribution in [0.15, 0.2) is 24.3 Å². The average Bonchev–Trinajstić information content (AvgIpc) is 2.55. The van der Waals surface area contributed by atoms with Crippen LogP contribution in [0.4, 0.5) is 10.5 Å². The van der Waals surface area contributed by atoms with Crippen molar-refractivity contribution in [3.05, 3.63) is 29.8 Å². The number of carbonyl (C=O) groups is 2. The molecular formula is C18H27N3O3. The van der Waals surface area contributed by atoms with Crippen molar-refractivity contribution < 1.29 is 14.3 Å². The molecule has 0 saturated carbocycles. The van der Waals surface area contributed by atoms with E-state index in [4.69, 9.17) is 4.74 Å². The number of amides is 2. The van der Waals surface area contributed by atoms with Crippen molar-refractivity contribution in [3.63, 3.8) is 0 Å². The van der Waals surface area contributed by atoms with Crippen molar-refractivity contribution in [3.8, 4) is 0 Å². The number of benzene rings is 1. The summed E-state index contributed by atoms with van der Waals surface area (Å²) < 4.78 is 4.94. The first kappa shape index (κ1) is 18.3. The van der Waals surface area contributed by atoms with Crippen molar-refractivity contribution in [2.75, 3.05) is 38.1 Å². The molecule has 1 aromatic carbocycles. The number of hydrogen-bond acceptors (Lipinski definition) is 4. The van der Waals surface area contributed by atoms with Crippen molar-refractivity contribution in [1.82, 2.24) is 9.80 Å². The van der Waals surface area contributed by atoms with Gasteiger partial charge in [0.1, 0.15) is 0 Å². The van der Waals surface area contributed by atoms with Crippen molar-refractivity contribution >= 4 is 17.7 Å². The Bertz CT molecular complexity index is 570. The molecule has 1 aliphatic rings. The van der Waals surface area contributed by atoms with Crippen LogP contribution in [0.3, 0.4) is 0 Å². The summed E-state index contributed by atoms with van der Waals surface area (Å²) in [5.74, 6) is -0.353. The lowest BCUT2D eigenvalue weighted by Crippen LogP contribution is -2.55. The minimum Gasteiger partial charge on any atom is -0.462 e. The number of carbonyl (C=O) groups excluding carboxylic acids is 2. The number of piperazine rings is 1. The summed E-state index contributed by atoms with van der Waals surface area (Å²) in [5, 5.41) is 2.88. The molecule has 0 spiro atoms. The molecule has 1 N–H and O–H groups in total. The second kappa shape index (κ2) is 7.66. The Morgan fingerprint density at radius 3 is 2.17 bits per heavy atom. The highest BCUT2D eigenvalue weighted by Crippen LogP contribution is 2.17. The minimum absolute atomic E-state index is 0.104. The molecule has 0 aliphatic carbocycles. The van der Waals surface area contributed by atoms with Gasteiger partial charge < -0.3 is 15.0 Å². The summed E-state index contributed by atoms with van der Waals surface area (Å²) in [6.07, 6.45) is 0. The molecule has 1 aromatic rings. The number of nitrogens with zero attached hydrogens (tertiary/aromatic N) is 2. The highest BCUT2D eigenvalue weighted by Gasteiger charge is 2.27. The minimum atomic E-state index is -0.353. The Morgan fingerprint density at radius 2 is 1.67 bits per heavy atom. The number of anilines is 1. The summed E-state index contributed by atoms with van der Waals surface area (Å²) >= 11 is 0. The van der Waals surface area contributed by atoms with Crippen LogP contribution in [-0.4, -0.2) is 60.1 Å². The maximum atomic E-state index is 12.3. The summed E-state index contributed by atoms with van der Waals surface area (Å²) in [4.78, 5) is 28.2. The van der Waals surface area contributed by atoms with Crippen molar-refractivity contribution in [2.24, 2.45) is 0 Å². The fourth-order valence-electron chi connectivity index (χ4n) is 2.69. The monoisotopic (exact) mass is 333 g/mol. The Labute approximate surface area is 143 Å². The zero-order valence-corrected chi connectivity index (χ0v) is 15.0. The molecule has 0 aromatic heterocycles. The van der Waals surface area contributed by atoms with E-state index in [0.29, 0.717) is 30.9 Å². The van der Waals surface area contributed by atoms with Crippen LogP contribution >= 0.6 is 0 Å². The zero-order valence-electron chi connectivity index (χ0n) is 15.0. The molecule has 1 fully saturated rings. The van der Waals surface area contributed by atoms with Gasteiger partial charge in [-0.3, -0.25) is 4.90 Å². The maximum Gasteiger partial charge on any atom is 0.338 e. The standard InChI is InChI=1S/C18H27N3O3/c1-5-24-16(22)14-6-8-15(9-7-14)19-17(23)20-10-12-21(13-11-20)18(2,3)4/h6-9H,5,10-13H2,1-4H3,(H,19,23). The van der Waals surface area contributed by atoms with Gasteiger partial charge in [-0.2, -0.15) is 0 Å². The summed E-state index contributed by atoms with van der Waals surface area (Å²) in [5.41, 5.74) is 1.28. The van der Waals surface area contributed by atoms with Gasteiger partial charge in [-0.15, -0.1) is 0 Å². The van der Waals surface area contributed by atoms with E-state index in [-0.39, 0.29) is 17.5 Å². The van der Waals surface area contributed by atoms with E-state index in [2.05, 4.69) is 31.0 Å². The molecule has 2 amide bonds. The van der Waals surface area contributed by atoms with Gasteiger partial charge in [-0.05, 0) is 52.0 Å². The van der Waals surface area contributed by atoms with Crippen LogP contribution < -0.4 is 5.32 Å². The molecule has 0 unspecified atom stereocenters. The van der Waals surface area contributed by atoms with Gasteiger partial charge in [0.2, 0.25) is 0 Å². The number of nitrogens with one attached hydrogen (secondary N) is 1. The Morgan fingerprint density at radius 1 is 1.08 bits per heavy atom. The second-order valence-electron chi connectivity index (χ2n) is 6.87. The fourth-order valence-corrected chi connectivity index (χ4v) is 2.69. The largest absolute Gasteiger partial charge is 0.462 e. The lowest BCUT2D eigenvalue weighted by atomic mass is 10.1. The normalized spacial score (nSPS) is 15.9. The SMILES string of the molecule is CCOC(=O)c1ccc(NC(=O)N2CCN(C(C)(C)C)CC2)cc1. The highest BCUT2D eigenvalue weighted by molar-refractivity contribution is 5.92. The van der Waals surface area contributed by atoms with Gasteiger partial charge in [0.05, 0.1) is 12.2 Å². The van der Waals surface area contributed by atoms with Gasteiger partial charge in [0.25, 0.3) is 0 Å². The van der Waals surface area contributed by atoms with Gasteiger partial charge >= 0.3 is 12.0 Å². The number of rotatable bonds is 3. The van der Waals surface area contributed by atoms with E-state index in [1.807, 2.05) is 4.90 Å². The third-order valence-corrected chi connectivity index (χ3v) is 4.16. The van der Waals surface area contributed by atoms with E-state index in [9.17, 15) is 9.59 Å². The van der Waals surface area contributed by atoms with Gasteiger partial charge in [-0.1, -0.05) is 0 Å². The smallest absolute Gasteiger partial charge is 0.338 e. The molecule has 1 saturated heterocycles. The average molecular weight is 333 g/mol. The first-order chi connectivity index (χ1) is 11.3. The first-order valence-corrected chi connectivity index (χ1v) is 8.39. The molecular weight excluding hydrogens is 306 g/mol. The lowest BCUT2D eigenvalue weighted by molar-refractivity contribution is 0.0526. The van der Waals surface area contributed by atoms with E-state index in [0.717, 1.165) is 13.1 Å². The Balaban J connectivity index is 1.88. The Hall–Kier alpha value is -2.08. The summed E-state index contributed by atoms with van der Waals surface area (Å²) in [7, 11) is 0. The van der Waals surface area contributed by atoms with Crippen LogP contribution in [0.25, 0.3) is 0 Å². The number of ether oxygens (including phenoxy) is 1. The molecule has 1 heterocycles. The van der Waals surface area contributed by atoms with Crippen molar-refractivity contribution in [2.45, 2.75) is 33.2 Å². The first-order valence-electron chi connectivity index (χ1n) is 8.39. The molecule has 0 atom stereocenters. The third kappa shape index (κ3) is 4.71. The van der Waals surface area contributed by atoms with Crippen LogP contribution in [-0.2, 0) is 4.74 Å². The number of hydrogen-bond donors (Lipinski definition) is 1. The second-order valence-corrected chi connectivity index (χ2v) is 6.87. The van der Waals surface area contributed by atoms with Gasteiger partial charge in [-0.25, -0.2) is 9.59 Å². The quantitative estimate of drug-likeness (QED) is 0.864. The summed E-state index contributed by atoms with van der Waals surface area (Å²) in [6.45, 7) is 11.9. The predicted molar refractivity (Wildman–Crippen MR) is 94.3 cm³/mol. The molecule has 0 radical (unpaired) electrons. The topological polar surface area (TPSA) is 61.9 Å². The fraction of sp³-hybridized carbons (Fsp3) is 0.556. The molecule has 0 bridgehead atoms. The van der Waals surface area contributed by atoms with Gasteiger partial charge in [0, 0.05) is 37.4 Å². The van der Waals surface area contributed by atoms with E-state index >= 15 is 0 Å². The molecule has 2 rings (SSSR count). The summed E-state index contributed by atoms with van der Waals surface area (Å²) in [6, 6.07) is 6.65. The molecule has 1 aliphatic heterocycles. The van der Waals surface area contributed by atoms with E-state index < -0.39 is 0 Å². The lowest BCUT2D eigenvalue weighted by Gasteiger charge is -2.42. The molecule has 24 heavy (non-hydrogen) atoms. The van der Waals surface area contributed by atoms with Crippen LogP contribution in [0.5, 0.6) is 0 Å². The van der Waals surface area contributed by atoms with Crippen LogP contribution in [0.1, 0.15) is 38.1 Å². The van der Waals surface area contributed by atoms with E-state index in [1.165, 1.54) is 0 Å². The van der Waals surface area contributed by atoms with Crippen LogP contribution in [0.2, 0.25) is 0 Å².